The average molecular weight is 352 g/mol. The van der Waals surface area contributed by atoms with Crippen molar-refractivity contribution in [1.29, 1.82) is 0 Å². The zero-order chi connectivity index (χ0) is 18.3. The van der Waals surface area contributed by atoms with Crippen molar-refractivity contribution in [3.8, 4) is 0 Å². The lowest BCUT2D eigenvalue weighted by Crippen LogP contribution is -2.42. The number of nitrogens with one attached hydrogen (secondary N) is 2. The summed E-state index contributed by atoms with van der Waals surface area (Å²) in [7, 11) is 0. The predicted octanol–water partition coefficient (Wildman–Crippen LogP) is 3.45. The quantitative estimate of drug-likeness (QED) is 0.709. The number of benzene rings is 2. The van der Waals surface area contributed by atoms with E-state index < -0.39 is 5.91 Å². The van der Waals surface area contributed by atoms with Gasteiger partial charge in [-0.2, -0.15) is 0 Å². The van der Waals surface area contributed by atoms with Crippen molar-refractivity contribution in [2.45, 2.75) is 19.3 Å². The van der Waals surface area contributed by atoms with E-state index in [1.165, 1.54) is 6.07 Å². The summed E-state index contributed by atoms with van der Waals surface area (Å²) in [6, 6.07) is 13.8. The number of hydrogen-bond donors (Lipinski definition) is 2. The molecule has 0 spiro atoms. The van der Waals surface area contributed by atoms with Crippen LogP contribution < -0.4 is 10.9 Å². The molecule has 3 aromatic rings. The molecule has 2 N–H and O–H groups in total. The predicted molar refractivity (Wildman–Crippen MR) is 93.8 cm³/mol. The highest BCUT2D eigenvalue weighted by Gasteiger charge is 2.45. The fraction of sp³-hybridized carbons (Fsp3) is 0.200. The molecule has 1 saturated carbocycles. The molecule has 0 bridgehead atoms. The number of carbonyl (C=O) groups excluding carboxylic acids is 2. The maximum atomic E-state index is 13.8. The number of aryl methyl sites for hydroxylation is 1. The van der Waals surface area contributed by atoms with Crippen molar-refractivity contribution < 1.29 is 18.4 Å². The van der Waals surface area contributed by atoms with E-state index >= 15 is 0 Å². The van der Waals surface area contributed by atoms with Gasteiger partial charge >= 0.3 is 5.91 Å². The fourth-order valence-corrected chi connectivity index (χ4v) is 3.26. The first-order valence-corrected chi connectivity index (χ1v) is 8.39. The van der Waals surface area contributed by atoms with E-state index in [1.807, 2.05) is 18.2 Å². The molecule has 132 valence electrons. The molecule has 2 atom stereocenters. The van der Waals surface area contributed by atoms with Crippen molar-refractivity contribution in [1.82, 2.24) is 10.9 Å². The van der Waals surface area contributed by atoms with Crippen LogP contribution in [0.5, 0.6) is 0 Å². The Morgan fingerprint density at radius 1 is 1.08 bits per heavy atom. The Hall–Kier alpha value is -3.15. The lowest BCUT2D eigenvalue weighted by atomic mass is 10.1. The monoisotopic (exact) mass is 352 g/mol. The van der Waals surface area contributed by atoms with Crippen LogP contribution in [0.15, 0.2) is 52.9 Å². The summed E-state index contributed by atoms with van der Waals surface area (Å²) in [5, 5.41) is 0.853. The number of amides is 2. The molecule has 6 heteroatoms. The molecule has 1 aliphatic carbocycles. The largest absolute Gasteiger partial charge is 0.451 e. The molecule has 26 heavy (non-hydrogen) atoms. The van der Waals surface area contributed by atoms with E-state index in [0.29, 0.717) is 23.1 Å². The average Bonchev–Trinajstić information content (AvgIpc) is 3.38. The third-order valence-corrected chi connectivity index (χ3v) is 4.78. The van der Waals surface area contributed by atoms with Gasteiger partial charge in [-0.3, -0.25) is 20.4 Å². The Morgan fingerprint density at radius 3 is 2.58 bits per heavy atom. The zero-order valence-electron chi connectivity index (χ0n) is 14.1. The third-order valence-electron chi connectivity index (χ3n) is 4.78. The maximum absolute atomic E-state index is 13.8. The first kappa shape index (κ1) is 16.3. The summed E-state index contributed by atoms with van der Waals surface area (Å²) in [6.45, 7) is 1.79. The van der Waals surface area contributed by atoms with Crippen LogP contribution in [0.3, 0.4) is 0 Å². The van der Waals surface area contributed by atoms with Gasteiger partial charge < -0.3 is 4.42 Å². The molecular weight excluding hydrogens is 335 g/mol. The van der Waals surface area contributed by atoms with Gasteiger partial charge in [0.25, 0.3) is 0 Å². The van der Waals surface area contributed by atoms with E-state index in [-0.39, 0.29) is 29.3 Å². The molecule has 1 aromatic heterocycles. The molecule has 1 heterocycles. The number of rotatable bonds is 3. The van der Waals surface area contributed by atoms with Gasteiger partial charge in [0.1, 0.15) is 11.4 Å². The molecule has 2 aromatic carbocycles. The maximum Gasteiger partial charge on any atom is 0.305 e. The second kappa shape index (κ2) is 6.29. The van der Waals surface area contributed by atoms with Crippen molar-refractivity contribution in [3.63, 3.8) is 0 Å². The van der Waals surface area contributed by atoms with Crippen LogP contribution in [0.25, 0.3) is 11.0 Å². The van der Waals surface area contributed by atoms with Crippen LogP contribution in [-0.2, 0) is 4.79 Å². The first-order valence-electron chi connectivity index (χ1n) is 8.39. The van der Waals surface area contributed by atoms with E-state index in [2.05, 4.69) is 10.9 Å². The lowest BCUT2D eigenvalue weighted by Gasteiger charge is -2.06. The topological polar surface area (TPSA) is 71.3 Å². The zero-order valence-corrected chi connectivity index (χ0v) is 14.1. The van der Waals surface area contributed by atoms with Crippen LogP contribution in [0.2, 0.25) is 0 Å². The first-order chi connectivity index (χ1) is 12.6. The molecule has 0 aliphatic heterocycles. The molecule has 0 radical (unpaired) electrons. The van der Waals surface area contributed by atoms with E-state index in [1.54, 1.807) is 31.2 Å². The minimum Gasteiger partial charge on any atom is -0.451 e. The molecule has 0 saturated heterocycles. The Balaban J connectivity index is 1.40. The Morgan fingerprint density at radius 2 is 1.81 bits per heavy atom. The van der Waals surface area contributed by atoms with Gasteiger partial charge in [0, 0.05) is 16.9 Å². The van der Waals surface area contributed by atoms with Gasteiger partial charge in [0.2, 0.25) is 5.91 Å². The molecule has 2 amide bonds. The van der Waals surface area contributed by atoms with Gasteiger partial charge in [0.15, 0.2) is 5.76 Å². The minimum absolute atomic E-state index is 0.152. The highest BCUT2D eigenvalue weighted by Crippen LogP contribution is 2.48. The van der Waals surface area contributed by atoms with E-state index in [4.69, 9.17) is 4.42 Å². The van der Waals surface area contributed by atoms with Crippen molar-refractivity contribution in [2.75, 3.05) is 0 Å². The summed E-state index contributed by atoms with van der Waals surface area (Å²) in [6.07, 6.45) is 0.562. The van der Waals surface area contributed by atoms with Crippen LogP contribution in [-0.4, -0.2) is 11.8 Å². The van der Waals surface area contributed by atoms with Crippen LogP contribution >= 0.6 is 0 Å². The molecular formula is C20H17FN2O3. The molecule has 4 rings (SSSR count). The van der Waals surface area contributed by atoms with Gasteiger partial charge in [-0.1, -0.05) is 36.4 Å². The standard InChI is InChI=1S/C20H17FN2O3/c1-11-12-6-3-5-9-17(12)26-18(11)20(25)23-22-19(24)15-10-14(15)13-7-2-4-8-16(13)21/h2-9,14-15H,10H2,1H3,(H,22,24)(H,23,25)/t14-,15-/m0/s1. The summed E-state index contributed by atoms with van der Waals surface area (Å²) in [5.74, 6) is -1.50. The number of halogens is 1. The number of fused-ring (bicyclic) bond motifs is 1. The minimum atomic E-state index is -0.518. The summed E-state index contributed by atoms with van der Waals surface area (Å²) >= 11 is 0. The summed E-state index contributed by atoms with van der Waals surface area (Å²) in [5.41, 5.74) is 6.65. The van der Waals surface area contributed by atoms with Crippen molar-refractivity contribution >= 4 is 22.8 Å². The highest BCUT2D eigenvalue weighted by atomic mass is 19.1. The molecule has 1 fully saturated rings. The van der Waals surface area contributed by atoms with Crippen molar-refractivity contribution in [3.05, 3.63) is 71.2 Å². The second-order valence-corrected chi connectivity index (χ2v) is 6.47. The third kappa shape index (κ3) is 2.83. The van der Waals surface area contributed by atoms with Crippen molar-refractivity contribution in [2.24, 2.45) is 5.92 Å². The number of hydrogen-bond acceptors (Lipinski definition) is 3. The summed E-state index contributed by atoms with van der Waals surface area (Å²) < 4.78 is 19.3. The van der Waals surface area contributed by atoms with Crippen LogP contribution in [0.4, 0.5) is 4.39 Å². The Kier molecular flexibility index (Phi) is 3.95. The number of carbonyl (C=O) groups is 2. The molecule has 1 aliphatic rings. The van der Waals surface area contributed by atoms with Gasteiger partial charge in [-0.05, 0) is 37.0 Å². The van der Waals surface area contributed by atoms with Gasteiger partial charge in [0.05, 0.1) is 0 Å². The lowest BCUT2D eigenvalue weighted by molar-refractivity contribution is -0.123. The fourth-order valence-electron chi connectivity index (χ4n) is 3.26. The van der Waals surface area contributed by atoms with Crippen LogP contribution in [0, 0.1) is 18.7 Å². The number of furan rings is 1. The highest BCUT2D eigenvalue weighted by molar-refractivity contribution is 5.99. The Bertz CT molecular complexity index is 1010. The normalized spacial score (nSPS) is 18.5. The smallest absolute Gasteiger partial charge is 0.305 e. The molecule has 5 nitrogen and oxygen atoms in total. The second-order valence-electron chi connectivity index (χ2n) is 6.47. The van der Waals surface area contributed by atoms with E-state index in [9.17, 15) is 14.0 Å². The van der Waals surface area contributed by atoms with Crippen LogP contribution in [0.1, 0.15) is 34.0 Å². The summed E-state index contributed by atoms with van der Waals surface area (Å²) in [4.78, 5) is 24.5. The van der Waals surface area contributed by atoms with E-state index in [0.717, 1.165) is 5.39 Å². The van der Waals surface area contributed by atoms with Gasteiger partial charge in [-0.15, -0.1) is 0 Å². The molecule has 0 unspecified atom stereocenters. The van der Waals surface area contributed by atoms with Gasteiger partial charge in [-0.25, -0.2) is 4.39 Å². The Labute approximate surface area is 149 Å². The SMILES string of the molecule is Cc1c(C(=O)NNC(=O)[C@H]2C[C@H]2c2ccccc2F)oc2ccccc12. The number of para-hydroxylation sites is 1. The number of hydrazine groups is 1.